The molecule has 0 aliphatic carbocycles. The van der Waals surface area contributed by atoms with Crippen LogP contribution in [0.25, 0.3) is 0 Å². The van der Waals surface area contributed by atoms with Crippen molar-refractivity contribution in [1.82, 2.24) is 9.80 Å². The molecule has 0 bridgehead atoms. The molecule has 41 heavy (non-hydrogen) atoms. The van der Waals surface area contributed by atoms with Gasteiger partial charge in [-0.2, -0.15) is 0 Å². The lowest BCUT2D eigenvalue weighted by Crippen LogP contribution is -2.45. The van der Waals surface area contributed by atoms with Crippen molar-refractivity contribution in [3.8, 4) is 23.0 Å². The van der Waals surface area contributed by atoms with Crippen molar-refractivity contribution in [3.05, 3.63) is 47.5 Å². The highest BCUT2D eigenvalue weighted by Crippen LogP contribution is 2.44. The summed E-state index contributed by atoms with van der Waals surface area (Å²) in [5.41, 5.74) is 7.56. The van der Waals surface area contributed by atoms with E-state index in [9.17, 15) is 14.7 Å². The number of para-hydroxylation sites is 1. The van der Waals surface area contributed by atoms with Gasteiger partial charge in [-0.25, -0.2) is 0 Å². The Morgan fingerprint density at radius 3 is 2.59 bits per heavy atom. The minimum atomic E-state index is -0.865. The Kier molecular flexibility index (Phi) is 9.51. The molecule has 3 aliphatic heterocycles. The number of nitrogens with two attached hydrogens (primary N) is 1. The first-order valence-corrected chi connectivity index (χ1v) is 14.7. The third kappa shape index (κ3) is 6.54. The van der Waals surface area contributed by atoms with E-state index >= 15 is 0 Å². The summed E-state index contributed by atoms with van der Waals surface area (Å²) in [5.74, 6) is 0.882. The summed E-state index contributed by atoms with van der Waals surface area (Å²) in [7, 11) is 0. The zero-order chi connectivity index (χ0) is 28.8. The summed E-state index contributed by atoms with van der Waals surface area (Å²) in [5, 5.41) is 10.5. The number of carbonyl (C=O) groups excluding carboxylic acids is 1. The van der Waals surface area contributed by atoms with E-state index in [1.807, 2.05) is 41.3 Å². The molecule has 10 nitrogen and oxygen atoms in total. The maximum atomic E-state index is 13.7. The molecule has 1 fully saturated rings. The number of fused-ring (bicyclic) bond motifs is 2. The molecule has 1 saturated heterocycles. The highest BCUT2D eigenvalue weighted by Gasteiger charge is 2.47. The van der Waals surface area contributed by atoms with Gasteiger partial charge in [0.25, 0.3) is 0 Å². The Labute approximate surface area is 241 Å². The first kappa shape index (κ1) is 29.0. The van der Waals surface area contributed by atoms with E-state index in [1.54, 1.807) is 0 Å². The van der Waals surface area contributed by atoms with Crippen molar-refractivity contribution < 1.29 is 33.6 Å². The number of hydrogen-bond donors (Lipinski definition) is 2. The SMILES string of the molecule is CCCCN(CCCCN)C(=O)CN1C[C@H](c2ccc3c(c2)OCO3)C(C(=O)O)[C@@H]1CCc1cccc2c1OCO2. The van der Waals surface area contributed by atoms with E-state index in [1.165, 1.54) is 0 Å². The van der Waals surface area contributed by atoms with Crippen LogP contribution in [0.2, 0.25) is 0 Å². The van der Waals surface area contributed by atoms with Gasteiger partial charge in [-0.15, -0.1) is 0 Å². The van der Waals surface area contributed by atoms with Crippen LogP contribution >= 0.6 is 0 Å². The number of aliphatic carboxylic acids is 1. The molecule has 3 N–H and O–H groups in total. The van der Waals surface area contributed by atoms with Crippen LogP contribution in [-0.2, 0) is 16.0 Å². The molecular weight excluding hydrogens is 526 g/mol. The molecule has 1 unspecified atom stereocenters. The van der Waals surface area contributed by atoms with Crippen molar-refractivity contribution >= 4 is 11.9 Å². The van der Waals surface area contributed by atoms with Gasteiger partial charge in [-0.1, -0.05) is 31.5 Å². The first-order chi connectivity index (χ1) is 20.0. The third-order valence-electron chi connectivity index (χ3n) is 8.40. The molecule has 10 heteroatoms. The van der Waals surface area contributed by atoms with Gasteiger partial charge >= 0.3 is 5.97 Å². The van der Waals surface area contributed by atoms with E-state index in [0.29, 0.717) is 56.3 Å². The van der Waals surface area contributed by atoms with Gasteiger partial charge in [0, 0.05) is 31.6 Å². The average Bonchev–Trinajstić information content (AvgIpc) is 3.72. The van der Waals surface area contributed by atoms with E-state index in [-0.39, 0.29) is 38.0 Å². The maximum Gasteiger partial charge on any atom is 0.308 e. The second-order valence-electron chi connectivity index (χ2n) is 11.0. The van der Waals surface area contributed by atoms with Crippen LogP contribution in [0.1, 0.15) is 56.1 Å². The van der Waals surface area contributed by atoms with Crippen molar-refractivity contribution in [3.63, 3.8) is 0 Å². The number of carboxylic acids is 1. The molecule has 0 spiro atoms. The van der Waals surface area contributed by atoms with Gasteiger partial charge < -0.3 is 34.7 Å². The van der Waals surface area contributed by atoms with Crippen LogP contribution in [0.5, 0.6) is 23.0 Å². The second-order valence-corrected chi connectivity index (χ2v) is 11.0. The fourth-order valence-corrected chi connectivity index (χ4v) is 6.26. The number of amides is 1. The predicted molar refractivity (Wildman–Crippen MR) is 152 cm³/mol. The number of unbranched alkanes of at least 4 members (excludes halogenated alkanes) is 2. The number of aryl methyl sites for hydroxylation is 1. The minimum absolute atomic E-state index is 0.0354. The van der Waals surface area contributed by atoms with Crippen LogP contribution < -0.4 is 24.7 Å². The molecule has 222 valence electrons. The molecule has 5 rings (SSSR count). The number of carbonyl (C=O) groups is 2. The summed E-state index contributed by atoms with van der Waals surface area (Å²) in [4.78, 5) is 30.6. The number of rotatable bonds is 14. The standard InChI is InChI=1S/C31H41N3O7/c1-2-3-14-33(15-5-4-13-32)28(35)18-34-17-23(22-10-12-25-27(16-22)40-19-38-25)29(31(36)37)24(34)11-9-21-7-6-8-26-30(21)41-20-39-26/h6-8,10,12,16,23-24,29H,2-5,9,11,13-15,17-20,32H2,1H3,(H,36,37)/t23-,24+,29?/m1/s1. The fraction of sp³-hybridized carbons (Fsp3) is 0.548. The summed E-state index contributed by atoms with van der Waals surface area (Å²) >= 11 is 0. The highest BCUT2D eigenvalue weighted by molar-refractivity contribution is 5.79. The second kappa shape index (κ2) is 13.4. The normalized spacial score (nSPS) is 20.9. The Bertz CT molecular complexity index is 1220. The topological polar surface area (TPSA) is 124 Å². The summed E-state index contributed by atoms with van der Waals surface area (Å²) in [6.45, 7) is 5.03. The van der Waals surface area contributed by atoms with Gasteiger partial charge in [0.1, 0.15) is 0 Å². The smallest absolute Gasteiger partial charge is 0.308 e. The zero-order valence-electron chi connectivity index (χ0n) is 23.8. The van der Waals surface area contributed by atoms with Crippen LogP contribution in [0.15, 0.2) is 36.4 Å². The molecular formula is C31H41N3O7. The Morgan fingerprint density at radius 2 is 1.78 bits per heavy atom. The number of hydrogen-bond acceptors (Lipinski definition) is 8. The Morgan fingerprint density at radius 1 is 1.00 bits per heavy atom. The highest BCUT2D eigenvalue weighted by atomic mass is 16.7. The lowest BCUT2D eigenvalue weighted by molar-refractivity contribution is -0.143. The van der Waals surface area contributed by atoms with Crippen molar-refractivity contribution in [2.75, 3.05) is 46.3 Å². The van der Waals surface area contributed by atoms with E-state index in [2.05, 4.69) is 11.8 Å². The van der Waals surface area contributed by atoms with E-state index in [0.717, 1.165) is 42.6 Å². The summed E-state index contributed by atoms with van der Waals surface area (Å²) in [6, 6.07) is 11.1. The fourth-order valence-electron chi connectivity index (χ4n) is 6.26. The zero-order valence-corrected chi connectivity index (χ0v) is 23.8. The maximum absolute atomic E-state index is 13.7. The molecule has 0 saturated carbocycles. The monoisotopic (exact) mass is 567 g/mol. The van der Waals surface area contributed by atoms with Crippen molar-refractivity contribution in [2.24, 2.45) is 11.7 Å². The number of ether oxygens (including phenoxy) is 4. The summed E-state index contributed by atoms with van der Waals surface area (Å²) < 4.78 is 22.3. The molecule has 3 heterocycles. The molecule has 3 atom stereocenters. The number of nitrogens with zero attached hydrogens (tertiary/aromatic N) is 2. The Balaban J connectivity index is 1.40. The van der Waals surface area contributed by atoms with E-state index < -0.39 is 11.9 Å². The summed E-state index contributed by atoms with van der Waals surface area (Å²) in [6.07, 6.45) is 4.81. The number of benzene rings is 2. The van der Waals surface area contributed by atoms with Gasteiger partial charge in [-0.05, 0) is 68.0 Å². The van der Waals surface area contributed by atoms with Crippen molar-refractivity contribution in [1.29, 1.82) is 0 Å². The molecule has 2 aromatic rings. The Hall–Kier alpha value is -3.50. The molecule has 0 radical (unpaired) electrons. The van der Waals surface area contributed by atoms with Gasteiger partial charge in [0.2, 0.25) is 19.5 Å². The molecule has 2 aromatic carbocycles. The predicted octanol–water partition coefficient (Wildman–Crippen LogP) is 3.61. The lowest BCUT2D eigenvalue weighted by atomic mass is 9.83. The molecule has 3 aliphatic rings. The van der Waals surface area contributed by atoms with Gasteiger partial charge in [-0.3, -0.25) is 14.5 Å². The van der Waals surface area contributed by atoms with Crippen molar-refractivity contribution in [2.45, 2.75) is 57.4 Å². The van der Waals surface area contributed by atoms with Crippen LogP contribution in [0.4, 0.5) is 0 Å². The molecule has 1 amide bonds. The number of carboxylic acid groups (broad SMARTS) is 1. The first-order valence-electron chi connectivity index (χ1n) is 14.7. The van der Waals surface area contributed by atoms with Crippen LogP contribution in [-0.4, -0.2) is 79.1 Å². The van der Waals surface area contributed by atoms with Gasteiger partial charge in [0.05, 0.1) is 12.5 Å². The molecule has 0 aromatic heterocycles. The van der Waals surface area contributed by atoms with Crippen LogP contribution in [0, 0.1) is 5.92 Å². The lowest BCUT2D eigenvalue weighted by Gasteiger charge is -2.30. The largest absolute Gasteiger partial charge is 0.481 e. The van der Waals surface area contributed by atoms with Crippen LogP contribution in [0.3, 0.4) is 0 Å². The van der Waals surface area contributed by atoms with Gasteiger partial charge in [0.15, 0.2) is 23.0 Å². The number of likely N-dealkylation sites (tertiary alicyclic amines) is 1. The average molecular weight is 568 g/mol. The third-order valence-corrected chi connectivity index (χ3v) is 8.40. The van der Waals surface area contributed by atoms with E-state index in [4.69, 9.17) is 24.7 Å². The quantitative estimate of drug-likeness (QED) is 0.330. The minimum Gasteiger partial charge on any atom is -0.481 e.